The quantitative estimate of drug-likeness (QED) is 0.522. The second-order valence-corrected chi connectivity index (χ2v) is 2.48. The van der Waals surface area contributed by atoms with Crippen molar-refractivity contribution >= 4 is 17.8 Å². The van der Waals surface area contributed by atoms with Gasteiger partial charge >= 0.3 is 0 Å². The summed E-state index contributed by atoms with van der Waals surface area (Å²) in [7, 11) is 0. The highest BCUT2D eigenvalue weighted by Gasteiger charge is 2.18. The highest BCUT2D eigenvalue weighted by Crippen LogP contribution is 2.14. The maximum absolute atomic E-state index is 12.6. The van der Waals surface area contributed by atoms with Gasteiger partial charge < -0.3 is 0 Å². The zero-order valence-electron chi connectivity index (χ0n) is 6.07. The number of carbonyl (C=O) groups is 1. The van der Waals surface area contributed by atoms with E-state index < -0.39 is 6.04 Å². The molecule has 0 saturated heterocycles. The minimum Gasteiger partial charge on any atom is -0.273 e. The summed E-state index contributed by atoms with van der Waals surface area (Å²) in [6.07, 6.45) is 5.16. The summed E-state index contributed by atoms with van der Waals surface area (Å²) in [5.41, 5.74) is 0.504. The van der Waals surface area contributed by atoms with Crippen LogP contribution in [0, 0.1) is 0 Å². The molecule has 0 spiro atoms. The fraction of sp³-hybridized carbons (Fsp3) is 0.125. The van der Waals surface area contributed by atoms with Crippen molar-refractivity contribution in [1.29, 1.82) is 0 Å². The standard InChI is InChI=1S/C8H5FN2O/c9-5-1-2-6-7(3-5)10-4-8(12)11-6/h1-4,7H. The zero-order valence-corrected chi connectivity index (χ0v) is 6.07. The number of amides is 1. The van der Waals surface area contributed by atoms with Crippen molar-refractivity contribution in [3.63, 3.8) is 0 Å². The predicted octanol–water partition coefficient (Wildman–Crippen LogP) is 0.830. The molecule has 0 saturated carbocycles. The topological polar surface area (TPSA) is 41.8 Å². The van der Waals surface area contributed by atoms with Crippen molar-refractivity contribution in [3.05, 3.63) is 24.1 Å². The van der Waals surface area contributed by atoms with Crippen molar-refractivity contribution in [3.8, 4) is 0 Å². The number of allylic oxidation sites excluding steroid dienone is 2. The van der Waals surface area contributed by atoms with E-state index in [2.05, 4.69) is 9.98 Å². The van der Waals surface area contributed by atoms with Crippen LogP contribution in [0.4, 0.5) is 4.39 Å². The van der Waals surface area contributed by atoms with Gasteiger partial charge in [-0.1, -0.05) is 0 Å². The van der Waals surface area contributed by atoms with Gasteiger partial charge in [-0.3, -0.25) is 9.79 Å². The zero-order chi connectivity index (χ0) is 8.55. The third-order valence-corrected chi connectivity index (χ3v) is 1.62. The molecule has 12 heavy (non-hydrogen) atoms. The summed E-state index contributed by atoms with van der Waals surface area (Å²) in [5, 5.41) is 0. The third kappa shape index (κ3) is 1.11. The van der Waals surface area contributed by atoms with E-state index in [-0.39, 0.29) is 11.7 Å². The number of fused-ring (bicyclic) bond motifs is 1. The Morgan fingerprint density at radius 1 is 1.42 bits per heavy atom. The number of hydrogen-bond acceptors (Lipinski definition) is 2. The number of hydrogen-bond donors (Lipinski definition) is 0. The number of nitrogens with zero attached hydrogens (tertiary/aromatic N) is 2. The van der Waals surface area contributed by atoms with E-state index in [4.69, 9.17) is 0 Å². The SMILES string of the molecule is O=C1C=NC2C=C(F)C=CC2=N1. The monoisotopic (exact) mass is 164 g/mol. The lowest BCUT2D eigenvalue weighted by molar-refractivity contribution is -0.111. The fourth-order valence-electron chi connectivity index (χ4n) is 1.08. The second kappa shape index (κ2) is 2.48. The Balaban J connectivity index is 2.38. The van der Waals surface area contributed by atoms with E-state index in [1.807, 2.05) is 0 Å². The maximum Gasteiger partial charge on any atom is 0.288 e. The third-order valence-electron chi connectivity index (χ3n) is 1.62. The molecule has 1 aliphatic carbocycles. The highest BCUT2D eigenvalue weighted by molar-refractivity contribution is 6.32. The summed E-state index contributed by atoms with van der Waals surface area (Å²) in [6, 6.07) is -0.410. The summed E-state index contributed by atoms with van der Waals surface area (Å²) >= 11 is 0. The molecule has 1 unspecified atom stereocenters. The van der Waals surface area contributed by atoms with Crippen LogP contribution < -0.4 is 0 Å². The molecule has 1 amide bonds. The van der Waals surface area contributed by atoms with E-state index in [0.29, 0.717) is 5.71 Å². The molecule has 0 aromatic rings. The maximum atomic E-state index is 12.6. The van der Waals surface area contributed by atoms with E-state index in [1.54, 1.807) is 0 Å². The molecule has 0 aromatic carbocycles. The Kier molecular flexibility index (Phi) is 1.46. The van der Waals surface area contributed by atoms with Crippen LogP contribution in [0.1, 0.15) is 0 Å². The lowest BCUT2D eigenvalue weighted by Crippen LogP contribution is -2.23. The normalized spacial score (nSPS) is 26.4. The Morgan fingerprint density at radius 3 is 3.08 bits per heavy atom. The molecule has 60 valence electrons. The van der Waals surface area contributed by atoms with E-state index in [9.17, 15) is 9.18 Å². The molecule has 1 aliphatic heterocycles. The molecule has 0 bridgehead atoms. The van der Waals surface area contributed by atoms with Crippen LogP contribution in [0.3, 0.4) is 0 Å². The van der Waals surface area contributed by atoms with Gasteiger partial charge in [0, 0.05) is 0 Å². The molecule has 4 heteroatoms. The van der Waals surface area contributed by atoms with E-state index in [0.717, 1.165) is 6.21 Å². The van der Waals surface area contributed by atoms with Crippen LogP contribution in [-0.4, -0.2) is 23.9 Å². The van der Waals surface area contributed by atoms with Crippen LogP contribution >= 0.6 is 0 Å². The van der Waals surface area contributed by atoms with Crippen LogP contribution in [0.2, 0.25) is 0 Å². The van der Waals surface area contributed by atoms with Crippen molar-refractivity contribution in [2.45, 2.75) is 6.04 Å². The second-order valence-electron chi connectivity index (χ2n) is 2.48. The highest BCUT2D eigenvalue weighted by atomic mass is 19.1. The summed E-state index contributed by atoms with van der Waals surface area (Å²) in [4.78, 5) is 18.2. The van der Waals surface area contributed by atoms with Gasteiger partial charge in [0.25, 0.3) is 5.91 Å². The van der Waals surface area contributed by atoms with Crippen LogP contribution in [0.25, 0.3) is 0 Å². The number of carbonyl (C=O) groups excluding carboxylic acids is 1. The average Bonchev–Trinajstić information content (AvgIpc) is 2.05. The number of aliphatic imine (C=N–C) groups is 2. The van der Waals surface area contributed by atoms with E-state index >= 15 is 0 Å². The molecule has 0 radical (unpaired) electrons. The largest absolute Gasteiger partial charge is 0.288 e. The minimum absolute atomic E-state index is 0.342. The van der Waals surface area contributed by atoms with Gasteiger partial charge in [0.05, 0.1) is 11.9 Å². The molecule has 3 nitrogen and oxygen atoms in total. The summed E-state index contributed by atoms with van der Waals surface area (Å²) in [5.74, 6) is -0.730. The van der Waals surface area contributed by atoms with Gasteiger partial charge in [-0.05, 0) is 18.2 Å². The first-order valence-electron chi connectivity index (χ1n) is 3.47. The molecular weight excluding hydrogens is 159 g/mol. The van der Waals surface area contributed by atoms with E-state index in [1.165, 1.54) is 18.2 Å². The molecular formula is C8H5FN2O. The summed E-state index contributed by atoms with van der Waals surface area (Å²) < 4.78 is 12.6. The Labute approximate surface area is 68.0 Å². The number of halogens is 1. The summed E-state index contributed by atoms with van der Waals surface area (Å²) in [6.45, 7) is 0. The Morgan fingerprint density at radius 2 is 2.25 bits per heavy atom. The lowest BCUT2D eigenvalue weighted by atomic mass is 10.1. The van der Waals surface area contributed by atoms with Crippen molar-refractivity contribution < 1.29 is 9.18 Å². The van der Waals surface area contributed by atoms with Crippen LogP contribution in [0.15, 0.2) is 34.0 Å². The smallest absolute Gasteiger partial charge is 0.273 e. The molecule has 2 rings (SSSR count). The van der Waals surface area contributed by atoms with Gasteiger partial charge in [-0.15, -0.1) is 0 Å². The van der Waals surface area contributed by atoms with Gasteiger partial charge in [0.15, 0.2) is 0 Å². The molecule has 0 aromatic heterocycles. The van der Waals surface area contributed by atoms with Crippen molar-refractivity contribution in [2.75, 3.05) is 0 Å². The van der Waals surface area contributed by atoms with Gasteiger partial charge in [-0.25, -0.2) is 9.38 Å². The van der Waals surface area contributed by atoms with Crippen LogP contribution in [0.5, 0.6) is 0 Å². The molecule has 1 atom stereocenters. The Hall–Kier alpha value is -1.58. The first-order chi connectivity index (χ1) is 5.75. The first-order valence-corrected chi connectivity index (χ1v) is 3.47. The van der Waals surface area contributed by atoms with Gasteiger partial charge in [0.1, 0.15) is 11.9 Å². The minimum atomic E-state index is -0.410. The van der Waals surface area contributed by atoms with Crippen molar-refractivity contribution in [2.24, 2.45) is 9.98 Å². The molecule has 1 heterocycles. The van der Waals surface area contributed by atoms with Crippen molar-refractivity contribution in [1.82, 2.24) is 0 Å². The average molecular weight is 164 g/mol. The molecule has 0 N–H and O–H groups in total. The molecule has 2 aliphatic rings. The predicted molar refractivity (Wildman–Crippen MR) is 43.1 cm³/mol. The van der Waals surface area contributed by atoms with Gasteiger partial charge in [-0.2, -0.15) is 0 Å². The lowest BCUT2D eigenvalue weighted by Gasteiger charge is -2.13. The van der Waals surface area contributed by atoms with Crippen LogP contribution in [-0.2, 0) is 4.79 Å². The fourth-order valence-corrected chi connectivity index (χ4v) is 1.08. The number of rotatable bonds is 0. The first kappa shape index (κ1) is 7.09. The molecule has 0 fully saturated rings. The van der Waals surface area contributed by atoms with Gasteiger partial charge in [0.2, 0.25) is 0 Å². The Bertz CT molecular complexity index is 352.